The predicted octanol–water partition coefficient (Wildman–Crippen LogP) is 7.35. The molecule has 4 aromatic carbocycles. The van der Waals surface area contributed by atoms with Crippen molar-refractivity contribution in [1.29, 1.82) is 0 Å². The summed E-state index contributed by atoms with van der Waals surface area (Å²) in [4.78, 5) is 25.8. The van der Waals surface area contributed by atoms with Crippen LogP contribution in [0.5, 0.6) is 0 Å². The molecule has 0 saturated carbocycles. The Morgan fingerprint density at radius 2 is 1.56 bits per heavy atom. The Kier molecular flexibility index (Phi) is 8.39. The Bertz CT molecular complexity index is 1640. The van der Waals surface area contributed by atoms with E-state index in [9.17, 15) is 18.7 Å². The number of rotatable bonds is 11. The van der Waals surface area contributed by atoms with E-state index in [4.69, 9.17) is 0 Å². The maximum Gasteiger partial charge on any atom is 0.327 e. The second-order valence-electron chi connectivity index (χ2n) is 9.46. The largest absolute Gasteiger partial charge is 0.480 e. The number of halogens is 2. The van der Waals surface area contributed by atoms with Crippen molar-refractivity contribution in [2.45, 2.75) is 24.6 Å². The number of nitrogens with zero attached hydrogens (tertiary/aromatic N) is 3. The molecular formula is C31H27F2N5O2S. The van der Waals surface area contributed by atoms with E-state index in [-0.39, 0.29) is 23.2 Å². The summed E-state index contributed by atoms with van der Waals surface area (Å²) in [6.45, 7) is 0.840. The molecule has 1 atom stereocenters. The monoisotopic (exact) mass is 571 g/mol. The van der Waals surface area contributed by atoms with Crippen LogP contribution in [0.4, 0.5) is 26.4 Å². The van der Waals surface area contributed by atoms with Crippen LogP contribution in [0, 0.1) is 0 Å². The molecule has 5 rings (SSSR count). The first kappa shape index (κ1) is 28.0. The van der Waals surface area contributed by atoms with Crippen LogP contribution in [0.2, 0.25) is 0 Å². The van der Waals surface area contributed by atoms with Gasteiger partial charge in [-0.15, -0.1) is 0 Å². The standard InChI is InChI=1S/C31H27F2N5O2S/c1-31(32,33)22-14-16-23(17-15-22)34-29-36-27(25-13-7-11-21-10-5-6-12-24(21)25)37-30(38-29)35-26(28(39)40)19-41-18-20-8-3-2-4-9-20/h2-17,26H,18-19H2,1H3,(H,39,40)(H2,34,35,36,37,38)/t26-/m0/s1. The number of thioether (sulfide) groups is 1. The van der Waals surface area contributed by atoms with Gasteiger partial charge >= 0.3 is 5.97 Å². The number of hydrogen-bond donors (Lipinski definition) is 3. The summed E-state index contributed by atoms with van der Waals surface area (Å²) < 4.78 is 27.4. The summed E-state index contributed by atoms with van der Waals surface area (Å²) >= 11 is 1.48. The Balaban J connectivity index is 1.46. The Morgan fingerprint density at radius 1 is 0.878 bits per heavy atom. The average molecular weight is 572 g/mol. The van der Waals surface area contributed by atoms with Crippen LogP contribution in [0.15, 0.2) is 97.1 Å². The molecule has 5 aromatic rings. The molecule has 0 spiro atoms. The molecule has 0 radical (unpaired) electrons. The minimum Gasteiger partial charge on any atom is -0.480 e. The van der Waals surface area contributed by atoms with Gasteiger partial charge in [0.15, 0.2) is 5.82 Å². The van der Waals surface area contributed by atoms with Gasteiger partial charge in [-0.1, -0.05) is 84.9 Å². The minimum atomic E-state index is -2.96. The van der Waals surface area contributed by atoms with Gasteiger partial charge in [0.05, 0.1) is 0 Å². The summed E-state index contributed by atoms with van der Waals surface area (Å²) in [5, 5.41) is 17.8. The molecule has 0 saturated heterocycles. The Labute approximate surface area is 240 Å². The van der Waals surface area contributed by atoms with Gasteiger partial charge in [0.25, 0.3) is 5.92 Å². The van der Waals surface area contributed by atoms with Gasteiger partial charge in [0.1, 0.15) is 6.04 Å². The summed E-state index contributed by atoms with van der Waals surface area (Å²) in [6.07, 6.45) is 0. The fourth-order valence-electron chi connectivity index (χ4n) is 4.21. The molecule has 0 aliphatic heterocycles. The normalized spacial score (nSPS) is 12.2. The summed E-state index contributed by atoms with van der Waals surface area (Å²) in [7, 11) is 0. The first-order valence-electron chi connectivity index (χ1n) is 12.9. The second kappa shape index (κ2) is 12.3. The number of hydrogen-bond acceptors (Lipinski definition) is 7. The number of aromatic nitrogens is 3. The highest BCUT2D eigenvalue weighted by Gasteiger charge is 2.24. The topological polar surface area (TPSA) is 100 Å². The van der Waals surface area contributed by atoms with Crippen molar-refractivity contribution in [2.75, 3.05) is 16.4 Å². The molecule has 10 heteroatoms. The van der Waals surface area contributed by atoms with Crippen molar-refractivity contribution in [3.05, 3.63) is 108 Å². The first-order chi connectivity index (χ1) is 19.8. The number of carboxylic acid groups (broad SMARTS) is 1. The van der Waals surface area contributed by atoms with E-state index in [1.54, 1.807) is 0 Å². The lowest BCUT2D eigenvalue weighted by Gasteiger charge is -2.16. The summed E-state index contributed by atoms with van der Waals surface area (Å²) in [5.74, 6) is -2.52. The van der Waals surface area contributed by atoms with Gasteiger partial charge in [-0.05, 0) is 28.5 Å². The molecule has 1 heterocycles. The zero-order chi connectivity index (χ0) is 28.8. The summed E-state index contributed by atoms with van der Waals surface area (Å²) in [5.41, 5.74) is 2.21. The lowest BCUT2D eigenvalue weighted by molar-refractivity contribution is -0.137. The fourth-order valence-corrected chi connectivity index (χ4v) is 5.22. The van der Waals surface area contributed by atoms with Gasteiger partial charge in [0, 0.05) is 35.2 Å². The molecule has 0 amide bonds. The number of fused-ring (bicyclic) bond motifs is 1. The van der Waals surface area contributed by atoms with Crippen LogP contribution in [0.1, 0.15) is 18.1 Å². The second-order valence-corrected chi connectivity index (χ2v) is 10.5. The van der Waals surface area contributed by atoms with Gasteiger partial charge in [0.2, 0.25) is 11.9 Å². The molecular weight excluding hydrogens is 544 g/mol. The van der Waals surface area contributed by atoms with Crippen molar-refractivity contribution < 1.29 is 18.7 Å². The highest BCUT2D eigenvalue weighted by atomic mass is 32.2. The van der Waals surface area contributed by atoms with E-state index in [0.717, 1.165) is 28.8 Å². The number of anilines is 3. The third-order valence-electron chi connectivity index (χ3n) is 6.31. The minimum absolute atomic E-state index is 0.0786. The van der Waals surface area contributed by atoms with Crippen molar-refractivity contribution in [1.82, 2.24) is 15.0 Å². The molecule has 7 nitrogen and oxygen atoms in total. The third-order valence-corrected chi connectivity index (χ3v) is 7.42. The highest BCUT2D eigenvalue weighted by molar-refractivity contribution is 7.98. The number of carboxylic acids is 1. The molecule has 1 aromatic heterocycles. The maximum absolute atomic E-state index is 13.7. The van der Waals surface area contributed by atoms with Gasteiger partial charge in [-0.2, -0.15) is 26.7 Å². The number of benzene rings is 4. The fraction of sp³-hybridized carbons (Fsp3) is 0.161. The zero-order valence-electron chi connectivity index (χ0n) is 22.1. The first-order valence-corrected chi connectivity index (χ1v) is 14.0. The van der Waals surface area contributed by atoms with Crippen LogP contribution in [0.3, 0.4) is 0 Å². The Hall–Kier alpha value is -4.57. The van der Waals surface area contributed by atoms with Gasteiger partial charge < -0.3 is 15.7 Å². The maximum atomic E-state index is 13.7. The predicted molar refractivity (Wildman–Crippen MR) is 160 cm³/mol. The molecule has 208 valence electrons. The van der Waals surface area contributed by atoms with Crippen molar-refractivity contribution in [2.24, 2.45) is 0 Å². The average Bonchev–Trinajstić information content (AvgIpc) is 2.96. The molecule has 3 N–H and O–H groups in total. The van der Waals surface area contributed by atoms with Gasteiger partial charge in [-0.3, -0.25) is 0 Å². The van der Waals surface area contributed by atoms with Crippen molar-refractivity contribution in [3.63, 3.8) is 0 Å². The number of nitrogens with one attached hydrogen (secondary N) is 2. The van der Waals surface area contributed by atoms with Gasteiger partial charge in [-0.25, -0.2) is 13.6 Å². The molecule has 0 unspecified atom stereocenters. The smallest absolute Gasteiger partial charge is 0.327 e. The zero-order valence-corrected chi connectivity index (χ0v) is 22.9. The van der Waals surface area contributed by atoms with E-state index in [2.05, 4.69) is 25.6 Å². The Morgan fingerprint density at radius 3 is 2.29 bits per heavy atom. The third kappa shape index (κ3) is 7.15. The van der Waals surface area contributed by atoms with Crippen molar-refractivity contribution in [3.8, 4) is 11.4 Å². The molecule has 0 bridgehead atoms. The molecule has 0 aliphatic carbocycles. The van der Waals surface area contributed by atoms with Crippen LogP contribution < -0.4 is 10.6 Å². The van der Waals surface area contributed by atoms with Crippen LogP contribution in [-0.2, 0) is 16.5 Å². The quantitative estimate of drug-likeness (QED) is 0.151. The van der Waals surface area contributed by atoms with E-state index < -0.39 is 17.9 Å². The van der Waals surface area contributed by atoms with Crippen LogP contribution in [0.25, 0.3) is 22.2 Å². The molecule has 41 heavy (non-hydrogen) atoms. The SMILES string of the molecule is CC(F)(F)c1ccc(Nc2nc(N[C@@H](CSCc3ccccc3)C(=O)O)nc(-c3cccc4ccccc34)n2)cc1. The lowest BCUT2D eigenvalue weighted by atomic mass is 10.0. The summed E-state index contributed by atoms with van der Waals surface area (Å²) in [6, 6.07) is 28.1. The van der Waals surface area contributed by atoms with Crippen LogP contribution in [-0.4, -0.2) is 37.8 Å². The highest BCUT2D eigenvalue weighted by Crippen LogP contribution is 2.30. The molecule has 0 aliphatic rings. The lowest BCUT2D eigenvalue weighted by Crippen LogP contribution is -2.32. The van der Waals surface area contributed by atoms with Crippen molar-refractivity contribution >= 4 is 46.1 Å². The van der Waals surface area contributed by atoms with E-state index in [1.165, 1.54) is 36.0 Å². The molecule has 0 fully saturated rings. The number of alkyl halides is 2. The van der Waals surface area contributed by atoms with Crippen LogP contribution >= 0.6 is 11.8 Å². The van der Waals surface area contributed by atoms with E-state index >= 15 is 0 Å². The van der Waals surface area contributed by atoms with E-state index in [1.807, 2.05) is 72.8 Å². The number of aliphatic carboxylic acids is 1. The number of carbonyl (C=O) groups is 1. The van der Waals surface area contributed by atoms with E-state index in [0.29, 0.717) is 17.3 Å².